The highest BCUT2D eigenvalue weighted by Crippen LogP contribution is 2.36. The molecule has 2 aromatic rings. The third-order valence-corrected chi connectivity index (χ3v) is 3.94. The van der Waals surface area contributed by atoms with Crippen LogP contribution in [0.3, 0.4) is 0 Å². The number of benzene rings is 2. The van der Waals surface area contributed by atoms with Crippen LogP contribution in [0.4, 0.5) is 5.69 Å². The van der Waals surface area contributed by atoms with Crippen LogP contribution < -0.4 is 4.90 Å². The Kier molecular flexibility index (Phi) is 3.61. The molecule has 0 radical (unpaired) electrons. The molecule has 1 atom stereocenters. The van der Waals surface area contributed by atoms with Crippen molar-refractivity contribution in [2.75, 3.05) is 4.90 Å². The Labute approximate surface area is 125 Å². The van der Waals surface area contributed by atoms with Gasteiger partial charge in [0.1, 0.15) is 0 Å². The molecule has 0 aliphatic carbocycles. The minimum Gasteiger partial charge on any atom is -0.309 e. The summed E-state index contributed by atoms with van der Waals surface area (Å²) in [6.07, 6.45) is 5.13. The molecule has 0 aromatic heterocycles. The molecule has 0 spiro atoms. The number of anilines is 1. The molecule has 1 amide bonds. The molecule has 2 nitrogen and oxygen atoms in total. The Morgan fingerprint density at radius 3 is 2.57 bits per heavy atom. The molecule has 2 aromatic carbocycles. The van der Waals surface area contributed by atoms with Crippen molar-refractivity contribution in [3.05, 3.63) is 65.2 Å². The average molecular weight is 277 g/mol. The van der Waals surface area contributed by atoms with Gasteiger partial charge in [0.15, 0.2) is 0 Å². The summed E-state index contributed by atoms with van der Waals surface area (Å²) in [5.41, 5.74) is 4.60. The second-order valence-corrected chi connectivity index (χ2v) is 5.54. The number of carbonyl (C=O) groups is 1. The molecule has 0 bridgehead atoms. The van der Waals surface area contributed by atoms with Gasteiger partial charge in [0, 0.05) is 13.0 Å². The van der Waals surface area contributed by atoms with Crippen LogP contribution in [0.1, 0.15) is 30.5 Å². The van der Waals surface area contributed by atoms with E-state index in [0.717, 1.165) is 23.2 Å². The zero-order valence-corrected chi connectivity index (χ0v) is 12.4. The summed E-state index contributed by atoms with van der Waals surface area (Å²) in [4.78, 5) is 13.9. The Morgan fingerprint density at radius 1 is 1.10 bits per heavy atom. The zero-order chi connectivity index (χ0) is 14.8. The largest absolute Gasteiger partial charge is 0.309 e. The van der Waals surface area contributed by atoms with E-state index < -0.39 is 0 Å². The first-order valence-corrected chi connectivity index (χ1v) is 7.31. The Morgan fingerprint density at radius 2 is 1.86 bits per heavy atom. The molecule has 1 aliphatic heterocycles. The Balaban J connectivity index is 2.00. The van der Waals surface area contributed by atoms with E-state index in [1.54, 1.807) is 6.92 Å². The minimum absolute atomic E-state index is 0.113. The van der Waals surface area contributed by atoms with Gasteiger partial charge < -0.3 is 4.90 Å². The summed E-state index contributed by atoms with van der Waals surface area (Å²) in [6.45, 7) is 3.75. The Bertz CT molecular complexity index is 688. The predicted octanol–water partition coefficient (Wildman–Crippen LogP) is 4.15. The second-order valence-electron chi connectivity index (χ2n) is 5.54. The standard InChI is InChI=1S/C19H19NO/c1-14-13-18-10-6-9-17(19(18)20(14)15(2)21)12-11-16-7-4-3-5-8-16/h3-12,14H,13H2,1-2H3/b12-11+. The highest BCUT2D eigenvalue weighted by molar-refractivity contribution is 5.97. The van der Waals surface area contributed by atoms with Gasteiger partial charge in [0.2, 0.25) is 5.91 Å². The number of amides is 1. The van der Waals surface area contributed by atoms with Gasteiger partial charge in [-0.1, -0.05) is 60.7 Å². The third kappa shape index (κ3) is 2.62. The van der Waals surface area contributed by atoms with E-state index in [0.29, 0.717) is 0 Å². The van der Waals surface area contributed by atoms with E-state index in [4.69, 9.17) is 0 Å². The topological polar surface area (TPSA) is 20.3 Å². The Hall–Kier alpha value is -2.35. The maximum atomic E-state index is 11.9. The molecule has 0 fully saturated rings. The van der Waals surface area contributed by atoms with E-state index in [9.17, 15) is 4.79 Å². The molecule has 1 heterocycles. The van der Waals surface area contributed by atoms with Crippen LogP contribution in [0.15, 0.2) is 48.5 Å². The van der Waals surface area contributed by atoms with E-state index in [-0.39, 0.29) is 11.9 Å². The lowest BCUT2D eigenvalue weighted by atomic mass is 10.1. The first-order chi connectivity index (χ1) is 10.2. The fourth-order valence-electron chi connectivity index (χ4n) is 3.05. The first-order valence-electron chi connectivity index (χ1n) is 7.31. The van der Waals surface area contributed by atoms with E-state index in [1.165, 1.54) is 5.56 Å². The van der Waals surface area contributed by atoms with Gasteiger partial charge in [0.05, 0.1) is 5.69 Å². The maximum absolute atomic E-state index is 11.9. The van der Waals surface area contributed by atoms with Crippen molar-refractivity contribution in [1.29, 1.82) is 0 Å². The minimum atomic E-state index is 0.113. The van der Waals surface area contributed by atoms with Gasteiger partial charge in [0.25, 0.3) is 0 Å². The van der Waals surface area contributed by atoms with Crippen molar-refractivity contribution >= 4 is 23.7 Å². The summed E-state index contributed by atoms with van der Waals surface area (Å²) < 4.78 is 0. The summed E-state index contributed by atoms with van der Waals surface area (Å²) >= 11 is 0. The van der Waals surface area contributed by atoms with Crippen LogP contribution in [-0.2, 0) is 11.2 Å². The van der Waals surface area contributed by atoms with Crippen LogP contribution >= 0.6 is 0 Å². The SMILES string of the molecule is CC(=O)N1c2c(/C=C/c3ccccc3)cccc2CC1C. The van der Waals surface area contributed by atoms with Crippen molar-refractivity contribution in [3.63, 3.8) is 0 Å². The van der Waals surface area contributed by atoms with Gasteiger partial charge >= 0.3 is 0 Å². The normalized spacial score (nSPS) is 17.2. The lowest BCUT2D eigenvalue weighted by Gasteiger charge is -2.22. The van der Waals surface area contributed by atoms with Gasteiger partial charge in [-0.05, 0) is 30.0 Å². The average Bonchev–Trinajstić information content (AvgIpc) is 2.82. The van der Waals surface area contributed by atoms with E-state index >= 15 is 0 Å². The number of carbonyl (C=O) groups excluding carboxylic acids is 1. The smallest absolute Gasteiger partial charge is 0.224 e. The second kappa shape index (κ2) is 5.57. The number of nitrogens with zero attached hydrogens (tertiary/aromatic N) is 1. The van der Waals surface area contributed by atoms with Gasteiger partial charge in [-0.15, -0.1) is 0 Å². The number of hydrogen-bond donors (Lipinski definition) is 0. The summed E-state index contributed by atoms with van der Waals surface area (Å²) in [6, 6.07) is 16.7. The zero-order valence-electron chi connectivity index (χ0n) is 12.4. The molecule has 3 rings (SSSR count). The molecule has 0 saturated carbocycles. The molecule has 106 valence electrons. The predicted molar refractivity (Wildman–Crippen MR) is 88.1 cm³/mol. The van der Waals surface area contributed by atoms with E-state index in [2.05, 4.69) is 49.4 Å². The molecular weight excluding hydrogens is 258 g/mol. The van der Waals surface area contributed by atoms with Gasteiger partial charge in [-0.3, -0.25) is 4.79 Å². The van der Waals surface area contributed by atoms with Crippen LogP contribution in [-0.4, -0.2) is 11.9 Å². The van der Waals surface area contributed by atoms with Crippen molar-refractivity contribution in [1.82, 2.24) is 0 Å². The van der Waals surface area contributed by atoms with Crippen LogP contribution in [0, 0.1) is 0 Å². The highest BCUT2D eigenvalue weighted by Gasteiger charge is 2.30. The van der Waals surface area contributed by atoms with Gasteiger partial charge in [-0.25, -0.2) is 0 Å². The molecule has 1 unspecified atom stereocenters. The molecule has 0 saturated heterocycles. The number of para-hydroxylation sites is 1. The molecule has 2 heteroatoms. The molecule has 1 aliphatic rings. The molecule has 21 heavy (non-hydrogen) atoms. The lowest BCUT2D eigenvalue weighted by molar-refractivity contribution is -0.116. The van der Waals surface area contributed by atoms with E-state index in [1.807, 2.05) is 23.1 Å². The van der Waals surface area contributed by atoms with Crippen molar-refractivity contribution in [2.45, 2.75) is 26.3 Å². The summed E-state index contributed by atoms with van der Waals surface area (Å²) in [7, 11) is 0. The van der Waals surface area contributed by atoms with Gasteiger partial charge in [-0.2, -0.15) is 0 Å². The van der Waals surface area contributed by atoms with Crippen LogP contribution in [0.5, 0.6) is 0 Å². The maximum Gasteiger partial charge on any atom is 0.224 e. The fourth-order valence-corrected chi connectivity index (χ4v) is 3.05. The van der Waals surface area contributed by atoms with Crippen molar-refractivity contribution in [2.24, 2.45) is 0 Å². The summed E-state index contributed by atoms with van der Waals surface area (Å²) in [5.74, 6) is 0.113. The fraction of sp³-hybridized carbons (Fsp3) is 0.211. The third-order valence-electron chi connectivity index (χ3n) is 3.94. The summed E-state index contributed by atoms with van der Waals surface area (Å²) in [5, 5.41) is 0. The van der Waals surface area contributed by atoms with Crippen LogP contribution in [0.2, 0.25) is 0 Å². The molecular formula is C19H19NO. The first kappa shape index (κ1) is 13.6. The van der Waals surface area contributed by atoms with Crippen molar-refractivity contribution in [3.8, 4) is 0 Å². The van der Waals surface area contributed by atoms with Crippen LogP contribution in [0.25, 0.3) is 12.2 Å². The highest BCUT2D eigenvalue weighted by atomic mass is 16.2. The monoisotopic (exact) mass is 277 g/mol. The number of fused-ring (bicyclic) bond motifs is 1. The number of rotatable bonds is 2. The van der Waals surface area contributed by atoms with Crippen molar-refractivity contribution < 1.29 is 4.79 Å². The quantitative estimate of drug-likeness (QED) is 0.755. The molecule has 0 N–H and O–H groups in total. The lowest BCUT2D eigenvalue weighted by Crippen LogP contribution is -2.33. The number of hydrogen-bond acceptors (Lipinski definition) is 1.